The van der Waals surface area contributed by atoms with Gasteiger partial charge in [0.1, 0.15) is 0 Å². The number of aromatic nitrogens is 5. The molecular formula is C7H9ClN6. The summed E-state index contributed by atoms with van der Waals surface area (Å²) in [5.74, 6) is 1.25. The Kier molecular flexibility index (Phi) is 2.45. The highest BCUT2D eigenvalue weighted by Gasteiger charge is 2.06. The van der Waals surface area contributed by atoms with Crippen LogP contribution >= 0.6 is 11.6 Å². The minimum atomic E-state index is 0.147. The average Bonchev–Trinajstić information content (AvgIpc) is 2.66. The van der Waals surface area contributed by atoms with Crippen LogP contribution in [0.25, 0.3) is 5.65 Å². The van der Waals surface area contributed by atoms with Gasteiger partial charge in [-0.05, 0) is 17.4 Å². The van der Waals surface area contributed by atoms with Crippen LogP contribution in [0.2, 0.25) is 0 Å². The van der Waals surface area contributed by atoms with Gasteiger partial charge in [0.15, 0.2) is 11.5 Å². The van der Waals surface area contributed by atoms with Gasteiger partial charge in [-0.25, -0.2) is 0 Å². The number of hydrogen-bond donors (Lipinski definition) is 1. The molecule has 0 fully saturated rings. The van der Waals surface area contributed by atoms with Gasteiger partial charge >= 0.3 is 0 Å². The lowest BCUT2D eigenvalue weighted by Gasteiger charge is -2.11. The molecule has 0 aliphatic rings. The van der Waals surface area contributed by atoms with E-state index in [0.29, 0.717) is 11.5 Å². The second-order valence-corrected chi connectivity index (χ2v) is 3.25. The van der Waals surface area contributed by atoms with Crippen molar-refractivity contribution in [3.8, 4) is 0 Å². The molecule has 1 unspecified atom stereocenters. The highest BCUT2D eigenvalue weighted by Crippen LogP contribution is 2.07. The Labute approximate surface area is 85.3 Å². The molecule has 14 heavy (non-hydrogen) atoms. The predicted octanol–water partition coefficient (Wildman–Crippen LogP) is 0.558. The van der Waals surface area contributed by atoms with Gasteiger partial charge < -0.3 is 5.32 Å². The van der Waals surface area contributed by atoms with Crippen LogP contribution in [-0.2, 0) is 0 Å². The van der Waals surface area contributed by atoms with E-state index in [-0.39, 0.29) is 6.04 Å². The van der Waals surface area contributed by atoms with E-state index in [4.69, 9.17) is 11.6 Å². The molecular weight excluding hydrogens is 204 g/mol. The van der Waals surface area contributed by atoms with Crippen LogP contribution in [0.1, 0.15) is 6.92 Å². The lowest BCUT2D eigenvalue weighted by molar-refractivity contribution is 0.802. The van der Waals surface area contributed by atoms with Gasteiger partial charge in [-0.2, -0.15) is 4.52 Å². The molecule has 7 heteroatoms. The van der Waals surface area contributed by atoms with Crippen LogP contribution in [0, 0.1) is 0 Å². The van der Waals surface area contributed by atoms with Gasteiger partial charge in [-0.3, -0.25) is 4.98 Å². The van der Waals surface area contributed by atoms with E-state index in [1.165, 1.54) is 0 Å². The highest BCUT2D eigenvalue weighted by atomic mass is 35.5. The molecule has 74 valence electrons. The summed E-state index contributed by atoms with van der Waals surface area (Å²) in [4.78, 5) is 4.00. The third-order valence-corrected chi connectivity index (χ3v) is 2.20. The zero-order chi connectivity index (χ0) is 9.97. The summed E-state index contributed by atoms with van der Waals surface area (Å²) >= 11 is 5.68. The van der Waals surface area contributed by atoms with Crippen molar-refractivity contribution in [3.05, 3.63) is 12.4 Å². The van der Waals surface area contributed by atoms with Gasteiger partial charge in [0.25, 0.3) is 0 Å². The summed E-state index contributed by atoms with van der Waals surface area (Å²) in [5, 5.41) is 14.3. The summed E-state index contributed by atoms with van der Waals surface area (Å²) in [5.41, 5.74) is 0.608. The molecule has 0 spiro atoms. The number of fused-ring (bicyclic) bond motifs is 1. The zero-order valence-corrected chi connectivity index (χ0v) is 8.31. The van der Waals surface area contributed by atoms with Crippen molar-refractivity contribution in [2.45, 2.75) is 13.0 Å². The van der Waals surface area contributed by atoms with E-state index < -0.39 is 0 Å². The topological polar surface area (TPSA) is 68.0 Å². The third kappa shape index (κ3) is 1.60. The number of alkyl halides is 1. The van der Waals surface area contributed by atoms with Gasteiger partial charge in [-0.1, -0.05) is 0 Å². The smallest absolute Gasteiger partial charge is 0.199 e. The summed E-state index contributed by atoms with van der Waals surface area (Å²) in [7, 11) is 0. The Morgan fingerprint density at radius 1 is 1.57 bits per heavy atom. The maximum Gasteiger partial charge on any atom is 0.199 e. The van der Waals surface area contributed by atoms with E-state index in [1.54, 1.807) is 16.9 Å². The molecule has 0 radical (unpaired) electrons. The van der Waals surface area contributed by atoms with Crippen LogP contribution in [-0.4, -0.2) is 36.9 Å². The van der Waals surface area contributed by atoms with E-state index >= 15 is 0 Å². The third-order valence-electron chi connectivity index (χ3n) is 1.73. The molecule has 0 bridgehead atoms. The van der Waals surface area contributed by atoms with E-state index in [2.05, 4.69) is 25.8 Å². The fourth-order valence-corrected chi connectivity index (χ4v) is 1.14. The van der Waals surface area contributed by atoms with Crippen LogP contribution in [0.4, 0.5) is 5.82 Å². The molecule has 2 aromatic heterocycles. The SMILES string of the molecule is CC(CCl)Nc1cncc2nnnn12. The molecule has 0 amide bonds. The first kappa shape index (κ1) is 9.14. The maximum atomic E-state index is 5.68. The first-order chi connectivity index (χ1) is 6.81. The van der Waals surface area contributed by atoms with Crippen molar-refractivity contribution >= 4 is 23.1 Å². The van der Waals surface area contributed by atoms with Gasteiger partial charge in [-0.15, -0.1) is 16.7 Å². The van der Waals surface area contributed by atoms with Crippen molar-refractivity contribution in [1.29, 1.82) is 0 Å². The fourth-order valence-electron chi connectivity index (χ4n) is 1.06. The molecule has 0 saturated carbocycles. The van der Waals surface area contributed by atoms with Gasteiger partial charge in [0.05, 0.1) is 12.4 Å². The number of hydrogen-bond acceptors (Lipinski definition) is 5. The Balaban J connectivity index is 2.36. The van der Waals surface area contributed by atoms with Crippen molar-refractivity contribution in [3.63, 3.8) is 0 Å². The molecule has 1 atom stereocenters. The first-order valence-corrected chi connectivity index (χ1v) is 4.69. The van der Waals surface area contributed by atoms with Crippen LogP contribution < -0.4 is 5.32 Å². The van der Waals surface area contributed by atoms with E-state index in [1.807, 2.05) is 6.92 Å². The lowest BCUT2D eigenvalue weighted by atomic mass is 10.4. The monoisotopic (exact) mass is 212 g/mol. The Morgan fingerprint density at radius 2 is 2.43 bits per heavy atom. The molecule has 2 heterocycles. The first-order valence-electron chi connectivity index (χ1n) is 4.16. The van der Waals surface area contributed by atoms with Crippen molar-refractivity contribution < 1.29 is 0 Å². The van der Waals surface area contributed by atoms with E-state index in [0.717, 1.165) is 5.82 Å². The van der Waals surface area contributed by atoms with Gasteiger partial charge in [0, 0.05) is 11.9 Å². The largest absolute Gasteiger partial charge is 0.365 e. The average molecular weight is 213 g/mol. The molecule has 6 nitrogen and oxygen atoms in total. The second-order valence-electron chi connectivity index (χ2n) is 2.94. The van der Waals surface area contributed by atoms with Crippen LogP contribution in [0.3, 0.4) is 0 Å². The molecule has 2 aromatic rings. The Morgan fingerprint density at radius 3 is 3.21 bits per heavy atom. The van der Waals surface area contributed by atoms with Gasteiger partial charge in [0.2, 0.25) is 0 Å². The number of tetrazole rings is 1. The van der Waals surface area contributed by atoms with Crippen LogP contribution in [0.15, 0.2) is 12.4 Å². The van der Waals surface area contributed by atoms with Crippen molar-refractivity contribution in [1.82, 2.24) is 25.0 Å². The molecule has 1 N–H and O–H groups in total. The maximum absolute atomic E-state index is 5.68. The molecule has 0 aliphatic carbocycles. The number of halogens is 1. The quantitative estimate of drug-likeness (QED) is 0.753. The number of nitrogens with zero attached hydrogens (tertiary/aromatic N) is 5. The Bertz CT molecular complexity index is 427. The number of nitrogens with one attached hydrogen (secondary N) is 1. The highest BCUT2D eigenvalue weighted by molar-refractivity contribution is 6.18. The zero-order valence-electron chi connectivity index (χ0n) is 7.55. The number of rotatable bonds is 3. The van der Waals surface area contributed by atoms with Crippen molar-refractivity contribution in [2.24, 2.45) is 0 Å². The number of anilines is 1. The second kappa shape index (κ2) is 3.75. The normalized spacial score (nSPS) is 13.0. The summed E-state index contributed by atoms with van der Waals surface area (Å²) in [6.45, 7) is 1.97. The van der Waals surface area contributed by atoms with Crippen LogP contribution in [0.5, 0.6) is 0 Å². The lowest BCUT2D eigenvalue weighted by Crippen LogP contribution is -2.19. The molecule has 0 aromatic carbocycles. The molecule has 0 aliphatic heterocycles. The summed E-state index contributed by atoms with van der Waals surface area (Å²) < 4.78 is 1.58. The predicted molar refractivity (Wildman–Crippen MR) is 52.4 cm³/mol. The summed E-state index contributed by atoms with van der Waals surface area (Å²) in [6, 6.07) is 0.147. The van der Waals surface area contributed by atoms with Crippen molar-refractivity contribution in [2.75, 3.05) is 11.2 Å². The standard InChI is InChI=1S/C7H9ClN6/c1-5(2-8)10-6-3-9-4-7-11-12-13-14(6)7/h3-5,10H,2H2,1H3. The minimum absolute atomic E-state index is 0.147. The molecule has 0 saturated heterocycles. The fraction of sp³-hybridized carbons (Fsp3) is 0.429. The Hall–Kier alpha value is -1.43. The van der Waals surface area contributed by atoms with E-state index in [9.17, 15) is 0 Å². The molecule has 2 rings (SSSR count). The summed E-state index contributed by atoms with van der Waals surface area (Å²) in [6.07, 6.45) is 3.25. The minimum Gasteiger partial charge on any atom is -0.365 e.